The Hall–Kier alpha value is -3.84. The highest BCUT2D eigenvalue weighted by Crippen LogP contribution is 2.41. The first-order valence-electron chi connectivity index (χ1n) is 16.4. The number of hydrogen-bond acceptors (Lipinski definition) is 10. The highest BCUT2D eigenvalue weighted by atomic mass is 31.2. The Labute approximate surface area is 244 Å². The zero-order valence-corrected chi connectivity index (χ0v) is 21.8. The molecule has 1 aliphatic heterocycles. The average molecular weight is 590 g/mol. The number of ether oxygens (including phenoxy) is 4. The second-order valence-electron chi connectivity index (χ2n) is 7.92. The van der Waals surface area contributed by atoms with E-state index in [1.807, 2.05) is 0 Å². The van der Waals surface area contributed by atoms with E-state index in [9.17, 15) is 19.1 Å². The van der Waals surface area contributed by atoms with Gasteiger partial charge in [-0.3, -0.25) is 14.2 Å². The summed E-state index contributed by atoms with van der Waals surface area (Å²) in [6, 6.07) is 1.25. The number of nitrogens with zero attached hydrogens (tertiary/aromatic N) is 4. The molecule has 0 bridgehead atoms. The number of rotatable bonds is 10. The number of fused-ring (bicyclic) bond motifs is 1. The number of halogens is 1. The minimum atomic E-state index is -5.81. The van der Waals surface area contributed by atoms with Gasteiger partial charge in [0.15, 0.2) is 34.5 Å². The van der Waals surface area contributed by atoms with Crippen LogP contribution in [0.3, 0.4) is 0 Å². The van der Waals surface area contributed by atoms with Gasteiger partial charge in [-0.05, 0) is 43.5 Å². The summed E-state index contributed by atoms with van der Waals surface area (Å²) in [5, 5.41) is 0. The summed E-state index contributed by atoms with van der Waals surface area (Å²) < 4.78 is 141. The van der Waals surface area contributed by atoms with Crippen molar-refractivity contribution in [1.29, 1.82) is 0 Å². The third kappa shape index (κ3) is 6.31. The molecule has 13 nitrogen and oxygen atoms in total. The van der Waals surface area contributed by atoms with Crippen molar-refractivity contribution in [2.45, 2.75) is 32.1 Å². The van der Waals surface area contributed by atoms with E-state index in [1.165, 1.54) is 21.3 Å². The Kier molecular flexibility index (Phi) is 5.04. The second kappa shape index (κ2) is 11.3. The Morgan fingerprint density at radius 1 is 1.15 bits per heavy atom. The van der Waals surface area contributed by atoms with Crippen molar-refractivity contribution >= 4 is 19.5 Å². The highest BCUT2D eigenvalue weighted by Gasteiger charge is 2.42. The Morgan fingerprint density at radius 2 is 1.85 bits per heavy atom. The fourth-order valence-electron chi connectivity index (χ4n) is 3.47. The average Bonchev–Trinajstić information content (AvgIpc) is 2.98. The maximum absolute atomic E-state index is 15.3. The van der Waals surface area contributed by atoms with Gasteiger partial charge < -0.3 is 28.7 Å². The molecule has 1 aliphatic rings. The Bertz CT molecular complexity index is 1880. The summed E-state index contributed by atoms with van der Waals surface area (Å²) in [5.74, 6) is -5.79. The van der Waals surface area contributed by atoms with Gasteiger partial charge in [0.2, 0.25) is 5.75 Å². The van der Waals surface area contributed by atoms with Crippen LogP contribution in [0.5, 0.6) is 23.0 Å². The van der Waals surface area contributed by atoms with Gasteiger partial charge in [0, 0.05) is 26.8 Å². The molecule has 40 heavy (non-hydrogen) atoms. The quantitative estimate of drug-likeness (QED) is 0.333. The number of amides is 1. The molecule has 0 saturated carbocycles. The number of pyridine rings is 1. The number of phosphoric acid groups is 1. The fraction of sp³-hybridized carbons (Fsp3) is 0.360. The van der Waals surface area contributed by atoms with Gasteiger partial charge in [-0.25, -0.2) is 23.9 Å². The van der Waals surface area contributed by atoms with Gasteiger partial charge in [-0.2, -0.15) is 0 Å². The monoisotopic (exact) mass is 589 g/mol. The number of methoxy groups -OCH3 is 3. The number of phosphoric ester groups is 1. The summed E-state index contributed by atoms with van der Waals surface area (Å²) in [4.78, 5) is 44.0. The lowest BCUT2D eigenvalue weighted by Crippen LogP contribution is -2.53. The molecule has 3 aromatic rings. The van der Waals surface area contributed by atoms with Crippen LogP contribution in [-0.2, 0) is 26.7 Å². The lowest BCUT2D eigenvalue weighted by atomic mass is 10.1. The molecule has 3 heterocycles. The summed E-state index contributed by atoms with van der Waals surface area (Å²) in [6.07, 6.45) is -2.01. The summed E-state index contributed by atoms with van der Waals surface area (Å²) in [7, 11) is -2.04. The summed E-state index contributed by atoms with van der Waals surface area (Å²) in [6.45, 7) is -11.6. The predicted molar refractivity (Wildman–Crippen MR) is 138 cm³/mol. The molecule has 2 N–H and O–H groups in total. The lowest BCUT2D eigenvalue weighted by Gasteiger charge is -2.37. The molecule has 15 heteroatoms. The smallest absolute Gasteiger partial charge is 0.471 e. The maximum Gasteiger partial charge on any atom is 0.471 e. The zero-order valence-electron chi connectivity index (χ0n) is 31.9. The van der Waals surface area contributed by atoms with Crippen LogP contribution in [-0.4, -0.2) is 64.3 Å². The second-order valence-corrected chi connectivity index (χ2v) is 9.08. The van der Waals surface area contributed by atoms with E-state index in [4.69, 9.17) is 34.0 Å². The first kappa shape index (κ1) is 17.8. The van der Waals surface area contributed by atoms with Gasteiger partial charge in [-0.1, -0.05) is 0 Å². The molecule has 214 valence electrons. The van der Waals surface area contributed by atoms with Gasteiger partial charge in [0.25, 0.3) is 5.91 Å². The first-order chi connectivity index (χ1) is 23.3. The van der Waals surface area contributed by atoms with Gasteiger partial charge in [0.1, 0.15) is 12.5 Å². The van der Waals surface area contributed by atoms with Crippen LogP contribution in [0.25, 0.3) is 0 Å². The zero-order chi connectivity index (χ0) is 38.6. The Morgan fingerprint density at radius 3 is 2.45 bits per heavy atom. The van der Waals surface area contributed by atoms with Gasteiger partial charge in [-0.15, -0.1) is 0 Å². The third-order valence-electron chi connectivity index (χ3n) is 5.16. The fourth-order valence-corrected chi connectivity index (χ4v) is 3.66. The highest BCUT2D eigenvalue weighted by molar-refractivity contribution is 7.46. The van der Waals surface area contributed by atoms with Crippen LogP contribution < -0.4 is 23.8 Å². The molecule has 1 aromatic carbocycles. The van der Waals surface area contributed by atoms with Crippen molar-refractivity contribution < 1.29 is 62.1 Å². The van der Waals surface area contributed by atoms with E-state index in [2.05, 4.69) is 19.5 Å². The van der Waals surface area contributed by atoms with Crippen molar-refractivity contribution in [3.63, 3.8) is 0 Å². The minimum Gasteiger partial charge on any atom is -0.493 e. The van der Waals surface area contributed by atoms with Crippen molar-refractivity contribution in [3.05, 3.63) is 59.0 Å². The standard InChI is InChI=1S/C25H28FN4O9P/c1-25(2)24(31)30(13-38-40(32,33)34)23-18(39-25)7-6-15(28-23)11-17-16(26)12-27-21(29-17)10-14-8-19(35-3)22(37-5)20(9-14)36-4/h6-9,12H,10-11,13H2,1-5H3,(H2,32,33,34)/i1D3,2D3,8D,9D,12D,13D2. The molecule has 0 atom stereocenters. The normalized spacial score (nSPS) is 19.4. The molecule has 0 aliphatic carbocycles. The molecule has 0 unspecified atom stereocenters. The lowest BCUT2D eigenvalue weighted by molar-refractivity contribution is -0.133. The van der Waals surface area contributed by atoms with E-state index >= 15 is 4.39 Å². The molecule has 4 rings (SSSR count). The van der Waals surface area contributed by atoms with Crippen molar-refractivity contribution in [1.82, 2.24) is 15.0 Å². The largest absolute Gasteiger partial charge is 0.493 e. The van der Waals surface area contributed by atoms with E-state index in [-0.39, 0.29) is 51.3 Å². The van der Waals surface area contributed by atoms with E-state index in [1.54, 1.807) is 0 Å². The molecule has 0 saturated heterocycles. The molecular weight excluding hydrogens is 550 g/mol. The molecule has 1 amide bonds. The number of carbonyl (C=O) groups excluding carboxylic acids is 1. The van der Waals surface area contributed by atoms with Crippen LogP contribution in [0.2, 0.25) is 0 Å². The van der Waals surface area contributed by atoms with Crippen molar-refractivity contribution in [2.24, 2.45) is 0 Å². The number of anilines is 1. The van der Waals surface area contributed by atoms with Gasteiger partial charge >= 0.3 is 7.82 Å². The van der Waals surface area contributed by atoms with E-state index in [0.29, 0.717) is 0 Å². The summed E-state index contributed by atoms with van der Waals surface area (Å²) in [5.41, 5.74) is -4.68. The molecule has 0 fully saturated rings. The number of aromatic nitrogens is 3. The minimum absolute atomic E-state index is 0.0406. The van der Waals surface area contributed by atoms with Gasteiger partial charge in [0.05, 0.1) is 40.1 Å². The molecule has 0 spiro atoms. The van der Waals surface area contributed by atoms with Crippen LogP contribution in [0.4, 0.5) is 10.2 Å². The predicted octanol–water partition coefficient (Wildman–Crippen LogP) is 2.79. The number of benzene rings is 1. The van der Waals surface area contributed by atoms with Crippen LogP contribution in [0, 0.1) is 5.82 Å². The number of hydrogen-bond donors (Lipinski definition) is 2. The van der Waals surface area contributed by atoms with E-state index in [0.717, 1.165) is 12.1 Å². The molecule has 0 radical (unpaired) electrons. The Balaban J connectivity index is 1.86. The molecule has 2 aromatic heterocycles. The van der Waals surface area contributed by atoms with Crippen LogP contribution in [0.15, 0.2) is 30.4 Å². The summed E-state index contributed by atoms with van der Waals surface area (Å²) >= 11 is 0. The maximum atomic E-state index is 15.3. The first-order valence-corrected chi connectivity index (χ1v) is 12.5. The topological polar surface area (TPSA) is 163 Å². The SMILES string of the molecule is [2H]c1nc(Cc2c([2H])c(OC)c(OC)c(OC)c2[2H])nc(Cc2ccc3c(n2)N(C([2H])([2H])OP(=O)(O)O)C(=O)C(C([2H])([2H])[2H])(C([2H])([2H])[2H])O3)c1F. The van der Waals surface area contributed by atoms with E-state index < -0.39 is 81.8 Å². The molecular formula is C25H28FN4O9P. The number of carbonyl (C=O) groups is 1. The van der Waals surface area contributed by atoms with Crippen molar-refractivity contribution in [3.8, 4) is 23.0 Å². The van der Waals surface area contributed by atoms with Crippen molar-refractivity contribution in [2.75, 3.05) is 32.9 Å². The van der Waals surface area contributed by atoms with Crippen LogP contribution in [0.1, 0.15) is 51.6 Å². The third-order valence-corrected chi connectivity index (χ3v) is 5.48. The van der Waals surface area contributed by atoms with Crippen LogP contribution >= 0.6 is 7.82 Å².